The summed E-state index contributed by atoms with van der Waals surface area (Å²) in [6.45, 7) is 0.740. The molecule has 0 aromatic rings. The van der Waals surface area contributed by atoms with Crippen molar-refractivity contribution < 1.29 is 18.3 Å². The first-order chi connectivity index (χ1) is 6.56. The fourth-order valence-electron chi connectivity index (χ4n) is 1.32. The molecule has 0 amide bonds. The number of methoxy groups -OCH3 is 1. The summed E-state index contributed by atoms with van der Waals surface area (Å²) in [5, 5.41) is 2.85. The molecule has 0 atom stereocenters. The van der Waals surface area contributed by atoms with Gasteiger partial charge in [0.15, 0.2) is 0 Å². The van der Waals surface area contributed by atoms with Crippen LogP contribution in [0.4, 0.5) is 8.78 Å². The molecular weight excluding hydrogens is 192 g/mol. The maximum absolute atomic E-state index is 13.3. The third kappa shape index (κ3) is 2.77. The number of carbonyl (C=O) groups excluding carboxylic acids is 1. The van der Waals surface area contributed by atoms with Gasteiger partial charge >= 0.3 is 5.97 Å². The highest BCUT2D eigenvalue weighted by molar-refractivity contribution is 5.83. The normalized spacial score (nSPS) is 24.4. The van der Waals surface area contributed by atoms with E-state index in [1.807, 2.05) is 0 Å². The van der Waals surface area contributed by atoms with Gasteiger partial charge in [0.25, 0.3) is 5.92 Å². The molecule has 1 aliphatic heterocycles. The van der Waals surface area contributed by atoms with Crippen LogP contribution < -0.4 is 5.32 Å². The first kappa shape index (κ1) is 11.1. The lowest BCUT2D eigenvalue weighted by atomic mass is 10.0. The van der Waals surface area contributed by atoms with E-state index in [0.717, 1.165) is 6.08 Å². The van der Waals surface area contributed by atoms with Gasteiger partial charge in [-0.3, -0.25) is 0 Å². The van der Waals surface area contributed by atoms with Crippen LogP contribution in [0.3, 0.4) is 0 Å². The van der Waals surface area contributed by atoms with E-state index < -0.39 is 11.9 Å². The zero-order valence-corrected chi connectivity index (χ0v) is 7.98. The van der Waals surface area contributed by atoms with Crippen LogP contribution in [0, 0.1) is 0 Å². The molecule has 5 heteroatoms. The van der Waals surface area contributed by atoms with E-state index in [9.17, 15) is 13.6 Å². The summed E-state index contributed by atoms with van der Waals surface area (Å²) >= 11 is 0. The molecule has 1 aliphatic rings. The van der Waals surface area contributed by atoms with Gasteiger partial charge in [0, 0.05) is 24.6 Å². The van der Waals surface area contributed by atoms with E-state index in [4.69, 9.17) is 0 Å². The summed E-state index contributed by atoms with van der Waals surface area (Å²) in [6.07, 6.45) is 0.810. The standard InChI is InChI=1S/C9H13F2NO2/c1-14-8(13)6-7-2-4-12-5-3-9(7,10)11/h6,12H,2-5H2,1H3/b7-6+. The predicted octanol–water partition coefficient (Wildman–Crippen LogP) is 1.10. The Bertz CT molecular complexity index is 251. The minimum absolute atomic E-state index is 0.144. The molecule has 0 radical (unpaired) electrons. The fraction of sp³-hybridized carbons (Fsp3) is 0.667. The van der Waals surface area contributed by atoms with Gasteiger partial charge in [0.1, 0.15) is 0 Å². The Balaban J connectivity index is 2.81. The van der Waals surface area contributed by atoms with Crippen molar-refractivity contribution >= 4 is 5.97 Å². The van der Waals surface area contributed by atoms with Crippen molar-refractivity contribution in [3.05, 3.63) is 11.6 Å². The zero-order chi connectivity index (χ0) is 10.6. The number of ether oxygens (including phenoxy) is 1. The summed E-state index contributed by atoms with van der Waals surface area (Å²) < 4.78 is 30.9. The number of carbonyl (C=O) groups is 1. The van der Waals surface area contributed by atoms with Gasteiger partial charge in [-0.25, -0.2) is 13.6 Å². The molecule has 0 aliphatic carbocycles. The average molecular weight is 205 g/mol. The van der Waals surface area contributed by atoms with E-state index in [1.165, 1.54) is 7.11 Å². The van der Waals surface area contributed by atoms with E-state index in [1.54, 1.807) is 0 Å². The Morgan fingerprint density at radius 3 is 2.93 bits per heavy atom. The van der Waals surface area contributed by atoms with Crippen LogP contribution in [0.5, 0.6) is 0 Å². The van der Waals surface area contributed by atoms with Gasteiger partial charge in [0.05, 0.1) is 7.11 Å². The number of hydrogen-bond donors (Lipinski definition) is 1. The molecule has 80 valence electrons. The predicted molar refractivity (Wildman–Crippen MR) is 47.1 cm³/mol. The highest BCUT2D eigenvalue weighted by Gasteiger charge is 2.35. The molecule has 0 bridgehead atoms. The summed E-state index contributed by atoms with van der Waals surface area (Å²) in [7, 11) is 1.17. The molecule has 0 aromatic heterocycles. The van der Waals surface area contributed by atoms with Crippen LogP contribution in [-0.4, -0.2) is 32.1 Å². The second kappa shape index (κ2) is 4.50. The molecule has 0 unspecified atom stereocenters. The summed E-state index contributed by atoms with van der Waals surface area (Å²) in [4.78, 5) is 10.8. The van der Waals surface area contributed by atoms with Crippen molar-refractivity contribution in [3.8, 4) is 0 Å². The van der Waals surface area contributed by atoms with Gasteiger partial charge in [-0.05, 0) is 13.0 Å². The molecule has 0 saturated carbocycles. The molecule has 0 spiro atoms. The highest BCUT2D eigenvalue weighted by Crippen LogP contribution is 2.31. The lowest BCUT2D eigenvalue weighted by molar-refractivity contribution is -0.135. The maximum atomic E-state index is 13.3. The Morgan fingerprint density at radius 1 is 1.57 bits per heavy atom. The summed E-state index contributed by atoms with van der Waals surface area (Å²) in [5.74, 6) is -3.61. The average Bonchev–Trinajstić information content (AvgIpc) is 2.29. The Morgan fingerprint density at radius 2 is 2.29 bits per heavy atom. The Kier molecular flexibility index (Phi) is 3.57. The molecule has 1 fully saturated rings. The number of hydrogen-bond acceptors (Lipinski definition) is 3. The van der Waals surface area contributed by atoms with Gasteiger partial charge in [0.2, 0.25) is 0 Å². The van der Waals surface area contributed by atoms with E-state index in [2.05, 4.69) is 10.1 Å². The number of alkyl halides is 2. The zero-order valence-electron chi connectivity index (χ0n) is 7.98. The van der Waals surface area contributed by atoms with Gasteiger partial charge < -0.3 is 10.1 Å². The lowest BCUT2D eigenvalue weighted by Crippen LogP contribution is -2.21. The molecule has 14 heavy (non-hydrogen) atoms. The second-order valence-electron chi connectivity index (χ2n) is 3.15. The number of rotatable bonds is 1. The van der Waals surface area contributed by atoms with Crippen molar-refractivity contribution in [2.45, 2.75) is 18.8 Å². The molecule has 0 aromatic carbocycles. The molecule has 1 heterocycles. The SMILES string of the molecule is COC(=O)/C=C1\CCNCCC1(F)F. The van der Waals surface area contributed by atoms with Crippen molar-refractivity contribution in [1.29, 1.82) is 0 Å². The number of esters is 1. The van der Waals surface area contributed by atoms with Crippen LogP contribution in [0.25, 0.3) is 0 Å². The van der Waals surface area contributed by atoms with Gasteiger partial charge in [-0.15, -0.1) is 0 Å². The van der Waals surface area contributed by atoms with Crippen LogP contribution in [0.2, 0.25) is 0 Å². The molecule has 1 saturated heterocycles. The van der Waals surface area contributed by atoms with Crippen molar-refractivity contribution in [2.24, 2.45) is 0 Å². The largest absolute Gasteiger partial charge is 0.466 e. The Hall–Kier alpha value is -0.970. The first-order valence-corrected chi connectivity index (χ1v) is 4.44. The minimum atomic E-state index is -2.89. The smallest absolute Gasteiger partial charge is 0.330 e. The number of nitrogens with one attached hydrogen (secondary N) is 1. The Labute approximate surface area is 81.1 Å². The summed E-state index contributed by atoms with van der Waals surface area (Å²) in [6, 6.07) is 0. The topological polar surface area (TPSA) is 38.3 Å². The number of halogens is 2. The van der Waals surface area contributed by atoms with Gasteiger partial charge in [-0.2, -0.15) is 0 Å². The van der Waals surface area contributed by atoms with Crippen molar-refractivity contribution in [2.75, 3.05) is 20.2 Å². The van der Waals surface area contributed by atoms with Crippen LogP contribution >= 0.6 is 0 Å². The van der Waals surface area contributed by atoms with Crippen LogP contribution in [0.1, 0.15) is 12.8 Å². The summed E-state index contributed by atoms with van der Waals surface area (Å²) in [5.41, 5.74) is -0.144. The quantitative estimate of drug-likeness (QED) is 0.514. The third-order valence-electron chi connectivity index (χ3n) is 2.15. The van der Waals surface area contributed by atoms with Crippen LogP contribution in [-0.2, 0) is 9.53 Å². The van der Waals surface area contributed by atoms with E-state index in [-0.39, 0.29) is 25.0 Å². The van der Waals surface area contributed by atoms with E-state index >= 15 is 0 Å². The molecule has 1 N–H and O–H groups in total. The minimum Gasteiger partial charge on any atom is -0.466 e. The molecule has 3 nitrogen and oxygen atoms in total. The van der Waals surface area contributed by atoms with Crippen molar-refractivity contribution in [1.82, 2.24) is 5.32 Å². The lowest BCUT2D eigenvalue weighted by Gasteiger charge is -2.15. The highest BCUT2D eigenvalue weighted by atomic mass is 19.3. The van der Waals surface area contributed by atoms with Gasteiger partial charge in [-0.1, -0.05) is 0 Å². The van der Waals surface area contributed by atoms with Crippen molar-refractivity contribution in [3.63, 3.8) is 0 Å². The molecule has 1 rings (SSSR count). The second-order valence-corrected chi connectivity index (χ2v) is 3.15. The fourth-order valence-corrected chi connectivity index (χ4v) is 1.32. The van der Waals surface area contributed by atoms with Crippen LogP contribution in [0.15, 0.2) is 11.6 Å². The molecular formula is C9H13F2NO2. The maximum Gasteiger partial charge on any atom is 0.330 e. The third-order valence-corrected chi connectivity index (χ3v) is 2.15. The first-order valence-electron chi connectivity index (χ1n) is 4.44. The monoisotopic (exact) mass is 205 g/mol. The van der Waals surface area contributed by atoms with E-state index in [0.29, 0.717) is 6.54 Å².